The summed E-state index contributed by atoms with van der Waals surface area (Å²) < 4.78 is 0. The second kappa shape index (κ2) is 5.98. The summed E-state index contributed by atoms with van der Waals surface area (Å²) in [5.41, 5.74) is 0.723. The van der Waals surface area contributed by atoms with Crippen molar-refractivity contribution < 1.29 is 4.92 Å². The molecule has 0 aliphatic rings. The van der Waals surface area contributed by atoms with E-state index < -0.39 is 4.92 Å². The molecule has 0 saturated heterocycles. The fourth-order valence-electron chi connectivity index (χ4n) is 1.48. The maximum absolute atomic E-state index is 10.7. The number of thioether (sulfide) groups is 1. The Bertz CT molecular complexity index is 638. The van der Waals surface area contributed by atoms with E-state index in [0.29, 0.717) is 10.8 Å². The molecule has 1 heterocycles. The predicted molar refractivity (Wildman–Crippen MR) is 71.6 cm³/mol. The number of rotatable bonds is 4. The van der Waals surface area contributed by atoms with Gasteiger partial charge in [-0.25, -0.2) is 4.98 Å². The normalized spacial score (nSPS) is 9.84. The number of nitriles is 1. The van der Waals surface area contributed by atoms with Crippen molar-refractivity contribution in [3.05, 3.63) is 63.8 Å². The van der Waals surface area contributed by atoms with Gasteiger partial charge in [0.2, 0.25) is 5.69 Å². The molecule has 0 fully saturated rings. The van der Waals surface area contributed by atoms with E-state index in [1.54, 1.807) is 12.1 Å². The molecule has 0 aliphatic carbocycles. The van der Waals surface area contributed by atoms with Crippen LogP contribution in [0.4, 0.5) is 5.69 Å². The predicted octanol–water partition coefficient (Wildman–Crippen LogP) is 3.15. The lowest BCUT2D eigenvalue weighted by Crippen LogP contribution is -1.96. The third kappa shape index (κ3) is 3.30. The van der Waals surface area contributed by atoms with Crippen LogP contribution in [0.1, 0.15) is 11.3 Å². The van der Waals surface area contributed by atoms with Crippen LogP contribution in [-0.4, -0.2) is 9.91 Å². The molecule has 0 spiro atoms. The molecule has 0 amide bonds. The van der Waals surface area contributed by atoms with Crippen molar-refractivity contribution in [1.82, 2.24) is 4.98 Å². The number of nitrogens with zero attached hydrogens (tertiary/aromatic N) is 3. The Morgan fingerprint density at radius 3 is 2.63 bits per heavy atom. The van der Waals surface area contributed by atoms with Crippen molar-refractivity contribution in [3.63, 3.8) is 0 Å². The molecule has 1 aromatic carbocycles. The zero-order chi connectivity index (χ0) is 13.7. The average Bonchev–Trinajstić information content (AvgIpc) is 2.45. The number of benzene rings is 1. The van der Waals surface area contributed by atoms with Crippen LogP contribution in [0, 0.1) is 21.4 Å². The van der Waals surface area contributed by atoms with E-state index in [0.717, 1.165) is 5.56 Å². The highest BCUT2D eigenvalue weighted by molar-refractivity contribution is 7.98. The van der Waals surface area contributed by atoms with Crippen LogP contribution in [0.15, 0.2) is 47.5 Å². The molecule has 1 aromatic heterocycles. The van der Waals surface area contributed by atoms with Gasteiger partial charge in [-0.2, -0.15) is 5.26 Å². The second-order valence-electron chi connectivity index (χ2n) is 3.66. The third-order valence-corrected chi connectivity index (χ3v) is 3.38. The molecule has 2 rings (SSSR count). The lowest BCUT2D eigenvalue weighted by molar-refractivity contribution is -0.385. The minimum absolute atomic E-state index is 0.150. The lowest BCUT2D eigenvalue weighted by atomic mass is 10.2. The number of hydrogen-bond donors (Lipinski definition) is 0. The van der Waals surface area contributed by atoms with Crippen LogP contribution in [0.2, 0.25) is 0 Å². The Morgan fingerprint density at radius 1 is 1.26 bits per heavy atom. The molecule has 0 atom stereocenters. The van der Waals surface area contributed by atoms with Crippen LogP contribution < -0.4 is 0 Å². The summed E-state index contributed by atoms with van der Waals surface area (Å²) in [6.07, 6.45) is 0. The smallest absolute Gasteiger partial charge is 0.258 e. The minimum atomic E-state index is -0.600. The summed E-state index contributed by atoms with van der Waals surface area (Å²) in [7, 11) is 0. The molecule has 0 unspecified atom stereocenters. The first-order valence-corrected chi connectivity index (χ1v) is 6.41. The van der Waals surface area contributed by atoms with E-state index in [2.05, 4.69) is 4.98 Å². The van der Waals surface area contributed by atoms with Crippen LogP contribution in [-0.2, 0) is 5.75 Å². The summed E-state index contributed by atoms with van der Waals surface area (Å²) in [6.45, 7) is 0. The first-order chi connectivity index (χ1) is 9.20. The molecular formula is C13H9N3O2S. The van der Waals surface area contributed by atoms with Gasteiger partial charge < -0.3 is 0 Å². The summed E-state index contributed by atoms with van der Waals surface area (Å²) in [6, 6.07) is 14.4. The molecule has 5 nitrogen and oxygen atoms in total. The van der Waals surface area contributed by atoms with E-state index in [1.165, 1.54) is 17.8 Å². The van der Waals surface area contributed by atoms with Crippen molar-refractivity contribution in [3.8, 4) is 6.07 Å². The first-order valence-electron chi connectivity index (χ1n) is 5.43. The van der Waals surface area contributed by atoms with Gasteiger partial charge in [-0.3, -0.25) is 10.1 Å². The van der Waals surface area contributed by atoms with Gasteiger partial charge in [-0.15, -0.1) is 11.8 Å². The molecule has 0 radical (unpaired) electrons. The minimum Gasteiger partial charge on any atom is -0.258 e. The molecule has 6 heteroatoms. The van der Waals surface area contributed by atoms with Gasteiger partial charge in [0.05, 0.1) is 9.95 Å². The lowest BCUT2D eigenvalue weighted by Gasteiger charge is -2.02. The zero-order valence-electron chi connectivity index (χ0n) is 9.81. The first kappa shape index (κ1) is 13.1. The second-order valence-corrected chi connectivity index (χ2v) is 4.66. The highest BCUT2D eigenvalue weighted by Gasteiger charge is 2.15. The van der Waals surface area contributed by atoms with Crippen molar-refractivity contribution in [1.29, 1.82) is 5.26 Å². The van der Waals surface area contributed by atoms with Gasteiger partial charge in [0, 0.05) is 11.8 Å². The fourth-order valence-corrected chi connectivity index (χ4v) is 2.30. The molecule has 2 aromatic rings. The molecule has 19 heavy (non-hydrogen) atoms. The number of hydrogen-bond acceptors (Lipinski definition) is 5. The van der Waals surface area contributed by atoms with Crippen LogP contribution in [0.3, 0.4) is 0 Å². The van der Waals surface area contributed by atoms with Crippen molar-refractivity contribution in [2.24, 2.45) is 0 Å². The summed E-state index contributed by atoms with van der Waals surface area (Å²) in [5, 5.41) is 20.1. The number of aromatic nitrogens is 1. The monoisotopic (exact) mass is 271 g/mol. The van der Waals surface area contributed by atoms with Gasteiger partial charge in [0.25, 0.3) is 0 Å². The van der Waals surface area contributed by atoms with Gasteiger partial charge >= 0.3 is 5.69 Å². The van der Waals surface area contributed by atoms with Gasteiger partial charge in [0.15, 0.2) is 0 Å². The molecule has 0 bridgehead atoms. The van der Waals surface area contributed by atoms with Crippen molar-refractivity contribution >= 4 is 17.4 Å². The Labute approximate surface area is 114 Å². The van der Waals surface area contributed by atoms with E-state index in [-0.39, 0.29) is 11.4 Å². The van der Waals surface area contributed by atoms with Crippen LogP contribution >= 0.6 is 11.8 Å². The molecule has 94 valence electrons. The molecule has 0 aliphatic heterocycles. The summed E-state index contributed by atoms with van der Waals surface area (Å²) in [4.78, 5) is 14.1. The Morgan fingerprint density at radius 2 is 2.00 bits per heavy atom. The van der Waals surface area contributed by atoms with E-state index in [9.17, 15) is 10.1 Å². The van der Waals surface area contributed by atoms with Crippen molar-refractivity contribution in [2.75, 3.05) is 0 Å². The maximum atomic E-state index is 10.7. The van der Waals surface area contributed by atoms with Crippen LogP contribution in [0.25, 0.3) is 0 Å². The van der Waals surface area contributed by atoms with Gasteiger partial charge in [0.1, 0.15) is 6.07 Å². The fraction of sp³-hybridized carbons (Fsp3) is 0.0769. The topological polar surface area (TPSA) is 79.8 Å². The summed E-state index contributed by atoms with van der Waals surface area (Å²) >= 11 is 1.44. The highest BCUT2D eigenvalue weighted by atomic mass is 32.2. The average molecular weight is 271 g/mol. The maximum Gasteiger partial charge on any atom is 0.305 e. The van der Waals surface area contributed by atoms with Gasteiger partial charge in [-0.1, -0.05) is 30.3 Å². The van der Waals surface area contributed by atoms with E-state index in [4.69, 9.17) is 5.26 Å². The Balaban J connectivity index is 2.14. The van der Waals surface area contributed by atoms with Gasteiger partial charge in [-0.05, 0) is 11.6 Å². The summed E-state index contributed by atoms with van der Waals surface area (Å²) in [5.74, 6) is 0.705. The van der Waals surface area contributed by atoms with Crippen molar-refractivity contribution in [2.45, 2.75) is 10.8 Å². The quantitative estimate of drug-likeness (QED) is 0.484. The highest BCUT2D eigenvalue weighted by Crippen LogP contribution is 2.24. The Hall–Kier alpha value is -2.39. The zero-order valence-corrected chi connectivity index (χ0v) is 10.6. The molecule has 0 saturated carbocycles. The third-order valence-electron chi connectivity index (χ3n) is 2.38. The van der Waals surface area contributed by atoms with Crippen LogP contribution in [0.5, 0.6) is 0 Å². The molecule has 0 N–H and O–H groups in total. The Kier molecular flexibility index (Phi) is 4.11. The van der Waals surface area contributed by atoms with E-state index >= 15 is 0 Å². The standard InChI is InChI=1S/C13H9N3O2S/c14-8-11-12(16(17)18)6-7-13(15-11)19-9-10-4-2-1-3-5-10/h1-7H,9H2. The number of nitro groups is 1. The van der Waals surface area contributed by atoms with E-state index in [1.807, 2.05) is 30.3 Å². The largest absolute Gasteiger partial charge is 0.305 e. The number of pyridine rings is 1. The molecular weight excluding hydrogens is 262 g/mol. The SMILES string of the molecule is N#Cc1nc(SCc2ccccc2)ccc1[N+](=O)[O-].